The van der Waals surface area contributed by atoms with Crippen molar-refractivity contribution in [1.82, 2.24) is 4.90 Å². The van der Waals surface area contributed by atoms with Gasteiger partial charge in [0.15, 0.2) is 0 Å². The molecular weight excluding hydrogens is 362 g/mol. The molecule has 0 atom stereocenters. The van der Waals surface area contributed by atoms with Crippen molar-refractivity contribution in [2.45, 2.75) is 37.5 Å². The molecule has 142 valence electrons. The Balaban J connectivity index is 1.79. The summed E-state index contributed by atoms with van der Waals surface area (Å²) in [6.45, 7) is 4.65. The zero-order valence-electron chi connectivity index (χ0n) is 15.6. The molecule has 27 heavy (non-hydrogen) atoms. The van der Waals surface area contributed by atoms with Crippen LogP contribution in [0.15, 0.2) is 54.6 Å². The van der Waals surface area contributed by atoms with Gasteiger partial charge in [-0.15, -0.1) is 0 Å². The van der Waals surface area contributed by atoms with E-state index < -0.39 is 16.8 Å². The number of carbonyl (C=O) groups is 2. The van der Waals surface area contributed by atoms with E-state index in [-0.39, 0.29) is 5.91 Å². The number of carboxylic acid groups (broad SMARTS) is 1. The Morgan fingerprint density at radius 2 is 1.56 bits per heavy atom. The molecule has 1 saturated heterocycles. The molecule has 0 radical (unpaired) electrons. The lowest BCUT2D eigenvalue weighted by Crippen LogP contribution is -2.52. The molecule has 0 spiro atoms. The van der Waals surface area contributed by atoms with Crippen molar-refractivity contribution in [1.29, 1.82) is 0 Å². The van der Waals surface area contributed by atoms with Gasteiger partial charge in [-0.3, -0.25) is 9.59 Å². The van der Waals surface area contributed by atoms with E-state index in [9.17, 15) is 14.7 Å². The predicted octanol–water partition coefficient (Wildman–Crippen LogP) is 4.26. The van der Waals surface area contributed by atoms with E-state index in [1.54, 1.807) is 17.0 Å². The summed E-state index contributed by atoms with van der Waals surface area (Å²) in [6, 6.07) is 16.6. The summed E-state index contributed by atoms with van der Waals surface area (Å²) in [5.74, 6) is -0.811. The van der Waals surface area contributed by atoms with Crippen molar-refractivity contribution in [3.63, 3.8) is 0 Å². The fraction of sp³-hybridized carbons (Fsp3) is 0.364. The van der Waals surface area contributed by atoms with Gasteiger partial charge < -0.3 is 10.0 Å². The third-order valence-electron chi connectivity index (χ3n) is 5.74. The van der Waals surface area contributed by atoms with E-state index in [1.165, 1.54) is 0 Å². The topological polar surface area (TPSA) is 57.6 Å². The molecule has 0 unspecified atom stereocenters. The minimum atomic E-state index is -0.928. The number of carbonyl (C=O) groups excluding carboxylic acids is 1. The fourth-order valence-electron chi connectivity index (χ4n) is 3.86. The Morgan fingerprint density at radius 3 is 2.07 bits per heavy atom. The van der Waals surface area contributed by atoms with Gasteiger partial charge in [0.1, 0.15) is 0 Å². The second kappa shape index (κ2) is 7.35. The quantitative estimate of drug-likeness (QED) is 0.855. The Bertz CT molecular complexity index is 822. The van der Waals surface area contributed by atoms with E-state index in [2.05, 4.69) is 0 Å². The summed E-state index contributed by atoms with van der Waals surface area (Å²) in [5, 5.41) is 10.5. The largest absolute Gasteiger partial charge is 0.481 e. The number of hydrogen-bond acceptors (Lipinski definition) is 2. The van der Waals surface area contributed by atoms with Crippen LogP contribution in [-0.4, -0.2) is 35.0 Å². The van der Waals surface area contributed by atoms with Crippen LogP contribution >= 0.6 is 11.6 Å². The monoisotopic (exact) mass is 385 g/mol. The zero-order chi connectivity index (χ0) is 19.7. The van der Waals surface area contributed by atoms with E-state index in [4.69, 9.17) is 11.6 Å². The van der Waals surface area contributed by atoms with E-state index in [1.807, 2.05) is 56.3 Å². The minimum Gasteiger partial charge on any atom is -0.481 e. The first-order chi connectivity index (χ1) is 12.8. The van der Waals surface area contributed by atoms with Crippen LogP contribution in [0.2, 0.25) is 5.02 Å². The summed E-state index contributed by atoms with van der Waals surface area (Å²) in [6.07, 6.45) is 0.823. The van der Waals surface area contributed by atoms with Gasteiger partial charge in [-0.25, -0.2) is 0 Å². The number of halogens is 1. The minimum absolute atomic E-state index is 0.0110. The molecule has 0 aliphatic carbocycles. The summed E-state index contributed by atoms with van der Waals surface area (Å²) < 4.78 is 0. The summed E-state index contributed by atoms with van der Waals surface area (Å²) in [4.78, 5) is 27.0. The van der Waals surface area contributed by atoms with Crippen LogP contribution in [-0.2, 0) is 20.4 Å². The first-order valence-corrected chi connectivity index (χ1v) is 9.49. The number of piperidine rings is 1. The van der Waals surface area contributed by atoms with Gasteiger partial charge in [0.05, 0.1) is 10.8 Å². The highest BCUT2D eigenvalue weighted by Gasteiger charge is 2.45. The van der Waals surface area contributed by atoms with Crippen molar-refractivity contribution in [3.05, 3.63) is 70.7 Å². The SMILES string of the molecule is CC(C)(C(=O)N1CCC(C(=O)O)(c2ccccc2)CC1)c1ccc(Cl)cc1. The normalized spacial score (nSPS) is 16.8. The van der Waals surface area contributed by atoms with Crippen LogP contribution < -0.4 is 0 Å². The molecule has 2 aromatic rings. The average molecular weight is 386 g/mol. The van der Waals surface area contributed by atoms with E-state index in [0.29, 0.717) is 31.0 Å². The van der Waals surface area contributed by atoms with E-state index >= 15 is 0 Å². The molecule has 0 bridgehead atoms. The molecule has 3 rings (SSSR count). The number of nitrogens with zero attached hydrogens (tertiary/aromatic N) is 1. The maximum atomic E-state index is 13.2. The van der Waals surface area contributed by atoms with Crippen LogP contribution in [0.1, 0.15) is 37.8 Å². The number of likely N-dealkylation sites (tertiary alicyclic amines) is 1. The number of amides is 1. The maximum absolute atomic E-state index is 13.2. The van der Waals surface area contributed by atoms with Gasteiger partial charge in [-0.05, 0) is 49.9 Å². The summed E-state index contributed by atoms with van der Waals surface area (Å²) in [5.41, 5.74) is 0.0832. The molecule has 1 fully saturated rings. The first kappa shape index (κ1) is 19.4. The number of aliphatic carboxylic acids is 1. The van der Waals surface area contributed by atoms with Crippen LogP contribution in [0.5, 0.6) is 0 Å². The van der Waals surface area contributed by atoms with Gasteiger partial charge in [-0.2, -0.15) is 0 Å². The molecule has 1 amide bonds. The molecule has 1 N–H and O–H groups in total. The number of carboxylic acids is 1. The molecule has 0 saturated carbocycles. The van der Waals surface area contributed by atoms with Crippen LogP contribution in [0, 0.1) is 0 Å². The van der Waals surface area contributed by atoms with Crippen molar-refractivity contribution in [2.75, 3.05) is 13.1 Å². The van der Waals surface area contributed by atoms with Crippen molar-refractivity contribution < 1.29 is 14.7 Å². The summed E-state index contributed by atoms with van der Waals surface area (Å²) >= 11 is 5.96. The van der Waals surface area contributed by atoms with Gasteiger partial charge in [0, 0.05) is 18.1 Å². The number of benzene rings is 2. The van der Waals surface area contributed by atoms with Gasteiger partial charge >= 0.3 is 5.97 Å². The molecule has 1 aliphatic heterocycles. The standard InChI is InChI=1S/C22H24ClNO3/c1-21(2,16-8-10-18(23)11-9-16)19(25)24-14-12-22(13-15-24,20(26)27)17-6-4-3-5-7-17/h3-11H,12-15H2,1-2H3,(H,26,27). The Hall–Kier alpha value is -2.33. The molecular formula is C22H24ClNO3. The molecule has 2 aromatic carbocycles. The highest BCUT2D eigenvalue weighted by molar-refractivity contribution is 6.30. The number of rotatable bonds is 4. The Morgan fingerprint density at radius 1 is 1.00 bits per heavy atom. The molecule has 4 nitrogen and oxygen atoms in total. The van der Waals surface area contributed by atoms with Crippen molar-refractivity contribution >= 4 is 23.5 Å². The molecule has 1 heterocycles. The lowest BCUT2D eigenvalue weighted by atomic mass is 9.72. The summed E-state index contributed by atoms with van der Waals surface area (Å²) in [7, 11) is 0. The van der Waals surface area contributed by atoms with Gasteiger partial charge in [0.25, 0.3) is 0 Å². The van der Waals surface area contributed by atoms with Crippen molar-refractivity contribution in [2.24, 2.45) is 0 Å². The van der Waals surface area contributed by atoms with Crippen LogP contribution in [0.4, 0.5) is 0 Å². The third kappa shape index (κ3) is 3.59. The van der Waals surface area contributed by atoms with Crippen LogP contribution in [0.3, 0.4) is 0 Å². The van der Waals surface area contributed by atoms with Gasteiger partial charge in [-0.1, -0.05) is 54.1 Å². The lowest BCUT2D eigenvalue weighted by Gasteiger charge is -2.41. The molecule has 1 aliphatic rings. The fourth-order valence-corrected chi connectivity index (χ4v) is 3.99. The highest BCUT2D eigenvalue weighted by atomic mass is 35.5. The second-order valence-corrected chi connectivity index (χ2v) is 8.11. The lowest BCUT2D eigenvalue weighted by molar-refractivity contribution is -0.149. The Kier molecular flexibility index (Phi) is 5.29. The number of hydrogen-bond donors (Lipinski definition) is 1. The second-order valence-electron chi connectivity index (χ2n) is 7.68. The first-order valence-electron chi connectivity index (χ1n) is 9.12. The highest BCUT2D eigenvalue weighted by Crippen LogP contribution is 2.37. The predicted molar refractivity (Wildman–Crippen MR) is 106 cm³/mol. The zero-order valence-corrected chi connectivity index (χ0v) is 16.4. The average Bonchev–Trinajstić information content (AvgIpc) is 2.68. The van der Waals surface area contributed by atoms with E-state index in [0.717, 1.165) is 11.1 Å². The third-order valence-corrected chi connectivity index (χ3v) is 5.99. The van der Waals surface area contributed by atoms with Gasteiger partial charge in [0.2, 0.25) is 5.91 Å². The molecule has 0 aromatic heterocycles. The van der Waals surface area contributed by atoms with Crippen LogP contribution in [0.25, 0.3) is 0 Å². The molecule has 5 heteroatoms. The smallest absolute Gasteiger partial charge is 0.314 e. The maximum Gasteiger partial charge on any atom is 0.314 e. The van der Waals surface area contributed by atoms with Crippen molar-refractivity contribution in [3.8, 4) is 0 Å². The Labute approximate surface area is 164 Å².